The van der Waals surface area contributed by atoms with Crippen LogP contribution >= 0.6 is 0 Å². The lowest BCUT2D eigenvalue weighted by atomic mass is 9.92. The first kappa shape index (κ1) is 23.7. The van der Waals surface area contributed by atoms with Gasteiger partial charge in [0.15, 0.2) is 0 Å². The van der Waals surface area contributed by atoms with E-state index in [1.165, 1.54) is 36.4 Å². The third kappa shape index (κ3) is 5.26. The molecular formula is C22H32FN3O4S. The molecular weight excluding hydrogens is 421 g/mol. The number of anilines is 1. The van der Waals surface area contributed by atoms with Gasteiger partial charge in [0.05, 0.1) is 12.3 Å². The quantitative estimate of drug-likeness (QED) is 0.743. The highest BCUT2D eigenvalue weighted by Gasteiger charge is 2.51. The number of rotatable bonds is 5. The van der Waals surface area contributed by atoms with Crippen molar-refractivity contribution in [2.75, 3.05) is 23.7 Å². The van der Waals surface area contributed by atoms with Crippen molar-refractivity contribution >= 4 is 27.5 Å². The summed E-state index contributed by atoms with van der Waals surface area (Å²) in [6.07, 6.45) is 7.19. The van der Waals surface area contributed by atoms with E-state index in [0.29, 0.717) is 0 Å². The lowest BCUT2D eigenvalue weighted by molar-refractivity contribution is -0.133. The molecule has 1 aliphatic carbocycles. The number of piperazine rings is 1. The molecule has 31 heavy (non-hydrogen) atoms. The van der Waals surface area contributed by atoms with Crippen LogP contribution in [0.15, 0.2) is 24.3 Å². The molecule has 7 nitrogen and oxygen atoms in total. The molecule has 1 saturated carbocycles. The number of sulfonamides is 1. The lowest BCUT2D eigenvalue weighted by Crippen LogP contribution is -2.71. The molecule has 3 rings (SSSR count). The Morgan fingerprint density at radius 1 is 1.19 bits per heavy atom. The Bertz CT molecular complexity index is 915. The van der Waals surface area contributed by atoms with Crippen LogP contribution in [0.4, 0.5) is 10.1 Å². The normalized spacial score (nSPS) is 24.5. The van der Waals surface area contributed by atoms with Gasteiger partial charge in [-0.05, 0) is 44.9 Å². The maximum atomic E-state index is 13.9. The Labute approximate surface area is 184 Å². The fourth-order valence-corrected chi connectivity index (χ4v) is 5.63. The highest BCUT2D eigenvalue weighted by Crippen LogP contribution is 2.31. The van der Waals surface area contributed by atoms with Gasteiger partial charge in [0, 0.05) is 18.3 Å². The topological polar surface area (TPSA) is 86.8 Å². The molecule has 172 valence electrons. The van der Waals surface area contributed by atoms with Crippen LogP contribution in [0, 0.1) is 5.82 Å². The molecule has 1 heterocycles. The molecule has 0 spiro atoms. The Hall–Kier alpha value is -2.00. The molecule has 0 aromatic heterocycles. The number of nitrogens with zero attached hydrogens (tertiary/aromatic N) is 2. The maximum Gasteiger partial charge on any atom is 0.247 e. The van der Waals surface area contributed by atoms with E-state index in [0.717, 1.165) is 42.8 Å². The minimum Gasteiger partial charge on any atom is -0.351 e. The third-order valence-corrected chi connectivity index (χ3v) is 8.07. The monoisotopic (exact) mass is 453 g/mol. The molecule has 1 atom stereocenters. The van der Waals surface area contributed by atoms with Crippen LogP contribution in [0.25, 0.3) is 0 Å². The number of amides is 2. The van der Waals surface area contributed by atoms with Crippen molar-refractivity contribution in [1.29, 1.82) is 0 Å². The summed E-state index contributed by atoms with van der Waals surface area (Å²) in [6, 6.07) is 5.47. The SMILES string of the molecule is CCS(=O)(=O)N1CC(=O)N(c2cccc(F)c2)[C@](C)(C(=O)NC2CCCCCCC2)C1. The number of carbonyl (C=O) groups excluding carboxylic acids is 2. The summed E-state index contributed by atoms with van der Waals surface area (Å²) in [7, 11) is -3.68. The van der Waals surface area contributed by atoms with Gasteiger partial charge in [-0.15, -0.1) is 0 Å². The lowest BCUT2D eigenvalue weighted by Gasteiger charge is -2.47. The Morgan fingerprint density at radius 2 is 1.84 bits per heavy atom. The van der Waals surface area contributed by atoms with Crippen LogP contribution in [0.5, 0.6) is 0 Å². The van der Waals surface area contributed by atoms with E-state index in [2.05, 4.69) is 5.32 Å². The molecule has 0 radical (unpaired) electrons. The average molecular weight is 454 g/mol. The number of hydrogen-bond acceptors (Lipinski definition) is 4. The third-order valence-electron chi connectivity index (χ3n) is 6.29. The smallest absolute Gasteiger partial charge is 0.247 e. The maximum absolute atomic E-state index is 13.9. The molecule has 2 fully saturated rings. The van der Waals surface area contributed by atoms with Gasteiger partial charge < -0.3 is 5.32 Å². The van der Waals surface area contributed by atoms with E-state index < -0.39 is 33.2 Å². The fourth-order valence-electron chi connectivity index (χ4n) is 4.50. The predicted octanol–water partition coefficient (Wildman–Crippen LogP) is 2.81. The molecule has 1 saturated heterocycles. The summed E-state index contributed by atoms with van der Waals surface area (Å²) in [6.45, 7) is 2.51. The molecule has 0 unspecified atom stereocenters. The van der Waals surface area contributed by atoms with Gasteiger partial charge in [-0.3, -0.25) is 14.5 Å². The minimum atomic E-state index is -3.68. The zero-order valence-corrected chi connectivity index (χ0v) is 19.1. The molecule has 0 bridgehead atoms. The molecule has 2 aliphatic rings. The van der Waals surface area contributed by atoms with Gasteiger partial charge in [0.25, 0.3) is 0 Å². The van der Waals surface area contributed by atoms with Crippen LogP contribution in [-0.4, -0.2) is 55.0 Å². The van der Waals surface area contributed by atoms with E-state index in [4.69, 9.17) is 0 Å². The molecule has 1 aromatic carbocycles. The van der Waals surface area contributed by atoms with Gasteiger partial charge in [0.1, 0.15) is 11.4 Å². The van der Waals surface area contributed by atoms with Crippen LogP contribution < -0.4 is 10.2 Å². The van der Waals surface area contributed by atoms with Crippen LogP contribution in [0.2, 0.25) is 0 Å². The van der Waals surface area contributed by atoms with E-state index in [1.54, 1.807) is 13.0 Å². The largest absolute Gasteiger partial charge is 0.351 e. The van der Waals surface area contributed by atoms with Crippen molar-refractivity contribution in [1.82, 2.24) is 9.62 Å². The van der Waals surface area contributed by atoms with E-state index in [1.807, 2.05) is 0 Å². The van der Waals surface area contributed by atoms with E-state index >= 15 is 0 Å². The first-order chi connectivity index (χ1) is 14.7. The summed E-state index contributed by atoms with van der Waals surface area (Å²) < 4.78 is 40.1. The Kier molecular flexibility index (Phi) is 7.36. The summed E-state index contributed by atoms with van der Waals surface area (Å²) in [5, 5.41) is 3.07. The van der Waals surface area contributed by atoms with Crippen molar-refractivity contribution in [2.24, 2.45) is 0 Å². The predicted molar refractivity (Wildman–Crippen MR) is 118 cm³/mol. The second-order valence-electron chi connectivity index (χ2n) is 8.67. The first-order valence-electron chi connectivity index (χ1n) is 11.0. The molecule has 1 N–H and O–H groups in total. The highest BCUT2D eigenvalue weighted by atomic mass is 32.2. The van der Waals surface area contributed by atoms with Crippen LogP contribution in [0.3, 0.4) is 0 Å². The zero-order chi connectivity index (χ0) is 22.6. The van der Waals surface area contributed by atoms with E-state index in [9.17, 15) is 22.4 Å². The number of halogens is 1. The zero-order valence-electron chi connectivity index (χ0n) is 18.3. The molecule has 2 amide bonds. The molecule has 9 heteroatoms. The first-order valence-corrected chi connectivity index (χ1v) is 12.7. The standard InChI is InChI=1S/C22H32FN3O4S/c1-3-31(29,30)25-15-20(27)26(19-13-9-10-17(23)14-19)22(2,16-25)21(28)24-18-11-7-5-4-6-8-12-18/h9-10,13-14,18H,3-8,11-12,15-16H2,1-2H3,(H,24,28)/t22-/m0/s1. The van der Waals surface area contributed by atoms with Gasteiger partial charge in [-0.1, -0.05) is 38.2 Å². The highest BCUT2D eigenvalue weighted by molar-refractivity contribution is 7.89. The second-order valence-corrected chi connectivity index (χ2v) is 10.9. The summed E-state index contributed by atoms with van der Waals surface area (Å²) in [5.41, 5.74) is -1.25. The number of benzene rings is 1. The van der Waals surface area contributed by atoms with Gasteiger partial charge in [-0.25, -0.2) is 12.8 Å². The van der Waals surface area contributed by atoms with Crippen molar-refractivity contribution < 1.29 is 22.4 Å². The molecule has 1 aliphatic heterocycles. The number of hydrogen-bond donors (Lipinski definition) is 1. The summed E-state index contributed by atoms with van der Waals surface area (Å²) in [5.74, 6) is -1.66. The molecule has 1 aromatic rings. The van der Waals surface area contributed by atoms with Crippen molar-refractivity contribution in [2.45, 2.75) is 70.4 Å². The second kappa shape index (κ2) is 9.65. The van der Waals surface area contributed by atoms with Gasteiger partial charge in [-0.2, -0.15) is 4.31 Å². The number of nitrogens with one attached hydrogen (secondary N) is 1. The Morgan fingerprint density at radius 3 is 2.45 bits per heavy atom. The fraction of sp³-hybridized carbons (Fsp3) is 0.636. The summed E-state index contributed by atoms with van der Waals surface area (Å²) in [4.78, 5) is 27.9. The van der Waals surface area contributed by atoms with E-state index in [-0.39, 0.29) is 30.6 Å². The Balaban J connectivity index is 1.95. The number of carbonyl (C=O) groups is 2. The average Bonchev–Trinajstić information content (AvgIpc) is 2.69. The van der Waals surface area contributed by atoms with Crippen molar-refractivity contribution in [3.63, 3.8) is 0 Å². The van der Waals surface area contributed by atoms with Crippen molar-refractivity contribution in [3.05, 3.63) is 30.1 Å². The van der Waals surface area contributed by atoms with Crippen molar-refractivity contribution in [3.8, 4) is 0 Å². The minimum absolute atomic E-state index is 0.0211. The van der Waals surface area contributed by atoms with Crippen LogP contribution in [0.1, 0.15) is 58.8 Å². The summed E-state index contributed by atoms with van der Waals surface area (Å²) >= 11 is 0. The van der Waals surface area contributed by atoms with Gasteiger partial charge >= 0.3 is 0 Å². The van der Waals surface area contributed by atoms with Crippen LogP contribution in [-0.2, 0) is 19.6 Å². The van der Waals surface area contributed by atoms with Gasteiger partial charge in [0.2, 0.25) is 21.8 Å².